The highest BCUT2D eigenvalue weighted by Crippen LogP contribution is 1.94. The first kappa shape index (κ1) is 9.62. The molecule has 3 nitrogen and oxygen atoms in total. The Morgan fingerprint density at radius 3 is 2.60 bits per heavy atom. The average molecular weight is 161 g/mol. The monoisotopic (exact) mass is 161 g/mol. The first-order chi connectivity index (χ1) is 4.77. The number of rotatable bonds is 5. The Morgan fingerprint density at radius 2 is 2.10 bits per heavy atom. The Bertz CT molecular complexity index is 97.7. The summed E-state index contributed by atoms with van der Waals surface area (Å²) in [5.74, 6) is 0.802. The average Bonchev–Trinajstić information content (AvgIpc) is 1.87. The van der Waals surface area contributed by atoms with Crippen molar-refractivity contribution in [1.82, 2.24) is 5.32 Å². The molecule has 59 valence electrons. The van der Waals surface area contributed by atoms with Crippen molar-refractivity contribution in [3.8, 4) is 0 Å². The Balaban J connectivity index is 2.84. The lowest BCUT2D eigenvalue weighted by atomic mass is 10.2. The topological polar surface area (TPSA) is 55.1 Å². The number of unbranched alkanes of at least 4 members (excludes halogenated alkanes) is 2. The summed E-state index contributed by atoms with van der Waals surface area (Å²) in [6, 6.07) is -0.446. The highest BCUT2D eigenvalue weighted by molar-refractivity contribution is 7.80. The molecule has 0 spiro atoms. The first-order valence-corrected chi connectivity index (χ1v) is 3.96. The fraction of sp³-hybridized carbons (Fsp3) is 0.833. The zero-order chi connectivity index (χ0) is 7.82. The van der Waals surface area contributed by atoms with E-state index in [1.165, 1.54) is 0 Å². The smallest absolute Gasteiger partial charge is 0.312 e. The zero-order valence-electron chi connectivity index (χ0n) is 5.93. The minimum Gasteiger partial charge on any atom is -0.352 e. The summed E-state index contributed by atoms with van der Waals surface area (Å²) in [7, 11) is 0. The second-order valence-corrected chi connectivity index (χ2v) is 2.46. The predicted octanol–water partition coefficient (Wildman–Crippen LogP) is 1.02. The summed E-state index contributed by atoms with van der Waals surface area (Å²) in [4.78, 5) is 10.1. The molecule has 0 heterocycles. The van der Waals surface area contributed by atoms with Crippen molar-refractivity contribution in [1.29, 1.82) is 0 Å². The van der Waals surface area contributed by atoms with Crippen molar-refractivity contribution in [2.24, 2.45) is 5.73 Å². The number of primary amides is 1. The molecular weight excluding hydrogens is 148 g/mol. The number of amides is 2. The van der Waals surface area contributed by atoms with Gasteiger partial charge in [-0.2, -0.15) is 0 Å². The summed E-state index contributed by atoms with van der Waals surface area (Å²) in [6.45, 7) is 0.671. The molecule has 0 aromatic carbocycles. The van der Waals surface area contributed by atoms with Crippen molar-refractivity contribution in [3.63, 3.8) is 0 Å². The lowest BCUT2D eigenvalue weighted by Gasteiger charge is -1.98. The van der Waals surface area contributed by atoms with Crippen LogP contribution in [0.4, 0.5) is 4.79 Å². The molecule has 3 N–H and O–H groups in total. The van der Waals surface area contributed by atoms with Crippen LogP contribution in [-0.4, -0.2) is 18.3 Å². The maximum atomic E-state index is 10.1. The Morgan fingerprint density at radius 1 is 1.40 bits per heavy atom. The zero-order valence-corrected chi connectivity index (χ0v) is 6.75. The van der Waals surface area contributed by atoms with Crippen LogP contribution in [0.2, 0.25) is 0 Å². The van der Waals surface area contributed by atoms with E-state index < -0.39 is 6.03 Å². The number of hydrogen-bond acceptors (Lipinski definition) is 1. The van der Waals surface area contributed by atoms with Crippen LogP contribution in [-0.2, 0) is 0 Å². The van der Waals surface area contributed by atoms with Gasteiger partial charge in [0.1, 0.15) is 0 Å². The number of carbonyl (C=O) groups excluding carboxylic acids is 1. The van der Waals surface area contributed by atoms with E-state index in [1.807, 2.05) is 0 Å². The molecule has 0 atom stereocenters. The highest BCUT2D eigenvalue weighted by Gasteiger charge is 1.90. The van der Waals surface area contributed by atoms with Crippen molar-refractivity contribution >= 4 is 18.7 Å². The highest BCUT2D eigenvalue weighted by atomic mass is 32.1. The van der Waals surface area contributed by atoms with Crippen LogP contribution in [0.15, 0.2) is 0 Å². The molecule has 2 amide bonds. The van der Waals surface area contributed by atoms with Crippen LogP contribution in [0.5, 0.6) is 0 Å². The molecule has 0 aliphatic heterocycles. The Kier molecular flexibility index (Phi) is 6.48. The van der Waals surface area contributed by atoms with Gasteiger partial charge in [0.15, 0.2) is 0 Å². The fourth-order valence-corrected chi connectivity index (χ4v) is 0.820. The third-order valence-electron chi connectivity index (χ3n) is 1.12. The minimum atomic E-state index is -0.446. The molecule has 0 fully saturated rings. The molecule has 0 bridgehead atoms. The molecule has 4 heteroatoms. The van der Waals surface area contributed by atoms with Gasteiger partial charge in [-0.25, -0.2) is 4.79 Å². The molecule has 0 saturated carbocycles. The third kappa shape index (κ3) is 7.62. The van der Waals surface area contributed by atoms with Crippen molar-refractivity contribution in [3.05, 3.63) is 0 Å². The SMILES string of the molecule is NC(=O)NCCCCC[S]. The standard InChI is InChI=1S/C6H13N2OS/c7-6(9)8-4-2-1-3-5-10/h1-5H2,(H3,7,8,9). The number of nitrogens with one attached hydrogen (secondary N) is 1. The van der Waals surface area contributed by atoms with Gasteiger partial charge in [0, 0.05) is 12.3 Å². The molecule has 10 heavy (non-hydrogen) atoms. The largest absolute Gasteiger partial charge is 0.352 e. The minimum absolute atomic E-state index is 0.446. The van der Waals surface area contributed by atoms with Crippen LogP contribution < -0.4 is 11.1 Å². The van der Waals surface area contributed by atoms with E-state index in [4.69, 9.17) is 18.4 Å². The Labute approximate surface area is 66.8 Å². The van der Waals surface area contributed by atoms with E-state index >= 15 is 0 Å². The lowest BCUT2D eigenvalue weighted by molar-refractivity contribution is 0.248. The summed E-state index contributed by atoms with van der Waals surface area (Å²) in [5.41, 5.74) is 4.84. The quantitative estimate of drug-likeness (QED) is 0.581. The molecule has 1 radical (unpaired) electrons. The van der Waals surface area contributed by atoms with Gasteiger partial charge < -0.3 is 11.1 Å². The van der Waals surface area contributed by atoms with Gasteiger partial charge in [-0.15, -0.1) is 0 Å². The van der Waals surface area contributed by atoms with Crippen LogP contribution in [0.25, 0.3) is 0 Å². The van der Waals surface area contributed by atoms with E-state index in [0.717, 1.165) is 25.0 Å². The van der Waals surface area contributed by atoms with Crippen molar-refractivity contribution in [2.45, 2.75) is 19.3 Å². The molecule has 0 aliphatic rings. The van der Waals surface area contributed by atoms with Crippen molar-refractivity contribution in [2.75, 3.05) is 12.3 Å². The van der Waals surface area contributed by atoms with Crippen LogP contribution in [0, 0.1) is 0 Å². The third-order valence-corrected chi connectivity index (χ3v) is 1.41. The van der Waals surface area contributed by atoms with Crippen LogP contribution in [0.3, 0.4) is 0 Å². The number of nitrogens with two attached hydrogens (primary N) is 1. The van der Waals surface area contributed by atoms with Gasteiger partial charge in [0.25, 0.3) is 0 Å². The maximum Gasteiger partial charge on any atom is 0.312 e. The Hall–Kier alpha value is -0.380. The van der Waals surface area contributed by atoms with Gasteiger partial charge in [-0.3, -0.25) is 0 Å². The predicted molar refractivity (Wildman–Crippen MR) is 43.9 cm³/mol. The number of carbonyl (C=O) groups is 1. The maximum absolute atomic E-state index is 10.1. The van der Waals surface area contributed by atoms with Gasteiger partial charge >= 0.3 is 6.03 Å². The molecule has 0 aromatic rings. The number of urea groups is 1. The second kappa shape index (κ2) is 6.74. The van der Waals surface area contributed by atoms with E-state index in [9.17, 15) is 4.79 Å². The van der Waals surface area contributed by atoms with E-state index in [0.29, 0.717) is 6.54 Å². The van der Waals surface area contributed by atoms with Crippen LogP contribution in [0.1, 0.15) is 19.3 Å². The molecule has 0 unspecified atom stereocenters. The van der Waals surface area contributed by atoms with Gasteiger partial charge in [0.2, 0.25) is 0 Å². The van der Waals surface area contributed by atoms with Gasteiger partial charge in [-0.1, -0.05) is 19.0 Å². The van der Waals surface area contributed by atoms with E-state index in [-0.39, 0.29) is 0 Å². The van der Waals surface area contributed by atoms with Crippen LogP contribution >= 0.6 is 12.6 Å². The molecule has 0 aliphatic carbocycles. The summed E-state index contributed by atoms with van der Waals surface area (Å²) < 4.78 is 0. The summed E-state index contributed by atoms with van der Waals surface area (Å²) in [6.07, 6.45) is 3.10. The lowest BCUT2D eigenvalue weighted by Crippen LogP contribution is -2.29. The molecule has 0 rings (SSSR count). The summed E-state index contributed by atoms with van der Waals surface area (Å²) in [5, 5.41) is 2.51. The van der Waals surface area contributed by atoms with E-state index in [1.54, 1.807) is 0 Å². The summed E-state index contributed by atoms with van der Waals surface area (Å²) >= 11 is 4.74. The van der Waals surface area contributed by atoms with Gasteiger partial charge in [0.05, 0.1) is 0 Å². The second-order valence-electron chi connectivity index (χ2n) is 2.06. The van der Waals surface area contributed by atoms with Gasteiger partial charge in [-0.05, 0) is 12.8 Å². The van der Waals surface area contributed by atoms with E-state index in [2.05, 4.69) is 5.32 Å². The van der Waals surface area contributed by atoms with Crippen molar-refractivity contribution < 1.29 is 4.79 Å². The number of hydrogen-bond donors (Lipinski definition) is 2. The molecule has 0 saturated heterocycles. The normalized spacial score (nSPS) is 9.30. The first-order valence-electron chi connectivity index (χ1n) is 3.39. The fourth-order valence-electron chi connectivity index (χ4n) is 0.615. The molecular formula is C6H13N2OS. The molecule has 0 aromatic heterocycles.